The van der Waals surface area contributed by atoms with Gasteiger partial charge in [0, 0.05) is 11.6 Å². The Morgan fingerprint density at radius 3 is 3.22 bits per heavy atom. The second kappa shape index (κ2) is 3.25. The number of nitrogens with one attached hydrogen (secondary N) is 1. The molecule has 0 amide bonds. The van der Waals surface area contributed by atoms with Crippen LogP contribution in [0.2, 0.25) is 0 Å². The first-order valence-electron chi connectivity index (χ1n) is 2.70. The smallest absolute Gasteiger partial charge is 0.186 e. The van der Waals surface area contributed by atoms with Crippen LogP contribution in [0.3, 0.4) is 0 Å². The van der Waals surface area contributed by atoms with E-state index in [-0.39, 0.29) is 0 Å². The lowest BCUT2D eigenvalue weighted by Crippen LogP contribution is -1.82. The molecule has 0 aromatic carbocycles. The monoisotopic (exact) mass is 140 g/mol. The molecule has 0 bridgehead atoms. The van der Waals surface area contributed by atoms with Gasteiger partial charge in [0.1, 0.15) is 0 Å². The van der Waals surface area contributed by atoms with Crippen LogP contribution in [0.15, 0.2) is 23.9 Å². The van der Waals surface area contributed by atoms with Gasteiger partial charge in [-0.25, -0.2) is 4.98 Å². The number of allylic oxidation sites excluding steroid dienone is 1. The van der Waals surface area contributed by atoms with Crippen LogP contribution in [0.25, 0.3) is 0 Å². The van der Waals surface area contributed by atoms with Crippen LogP contribution in [0.5, 0.6) is 0 Å². The predicted octanol–water partition coefficient (Wildman–Crippen LogP) is 2.09. The largest absolute Gasteiger partial charge is 0.338 e. The number of rotatable bonds is 2. The number of nitrogens with zero attached hydrogens (tertiary/aromatic N) is 1. The Hall–Kier alpha value is -0.830. The zero-order valence-electron chi connectivity index (χ0n) is 5.16. The highest BCUT2D eigenvalue weighted by Gasteiger charge is 1.85. The van der Waals surface area contributed by atoms with E-state index in [4.69, 9.17) is 0 Å². The van der Waals surface area contributed by atoms with Crippen molar-refractivity contribution in [2.75, 3.05) is 5.32 Å². The maximum absolute atomic E-state index is 4.01. The third-order valence-electron chi connectivity index (χ3n) is 0.806. The highest BCUT2D eigenvalue weighted by molar-refractivity contribution is 7.13. The molecule has 0 aliphatic rings. The average Bonchev–Trinajstić information content (AvgIpc) is 2.34. The summed E-state index contributed by atoms with van der Waals surface area (Å²) in [7, 11) is 0. The molecule has 0 unspecified atom stereocenters. The zero-order chi connectivity index (χ0) is 6.53. The summed E-state index contributed by atoms with van der Waals surface area (Å²) >= 11 is 1.59. The minimum Gasteiger partial charge on any atom is -0.338 e. The van der Waals surface area contributed by atoms with Gasteiger partial charge >= 0.3 is 0 Å². The zero-order valence-corrected chi connectivity index (χ0v) is 5.98. The van der Waals surface area contributed by atoms with E-state index in [0.717, 1.165) is 5.13 Å². The minimum atomic E-state index is 0.938. The Balaban J connectivity index is 2.48. The molecule has 0 spiro atoms. The second-order valence-corrected chi connectivity index (χ2v) is 2.38. The standard InChI is InChI=1S/C6H8N2S/c1-2-3-7-6-8-4-5-9-6/h2-5H,1H3,(H,7,8). The third-order valence-corrected chi connectivity index (χ3v) is 1.51. The maximum Gasteiger partial charge on any atom is 0.186 e. The van der Waals surface area contributed by atoms with Gasteiger partial charge in [0.15, 0.2) is 5.13 Å². The van der Waals surface area contributed by atoms with E-state index >= 15 is 0 Å². The lowest BCUT2D eigenvalue weighted by atomic mass is 10.7. The summed E-state index contributed by atoms with van der Waals surface area (Å²) in [5.41, 5.74) is 0. The van der Waals surface area contributed by atoms with Crippen LogP contribution >= 0.6 is 11.3 Å². The van der Waals surface area contributed by atoms with Crippen LogP contribution in [-0.4, -0.2) is 4.98 Å². The van der Waals surface area contributed by atoms with Gasteiger partial charge in [-0.15, -0.1) is 11.3 Å². The quantitative estimate of drug-likeness (QED) is 0.680. The Labute approximate surface area is 58.2 Å². The van der Waals surface area contributed by atoms with Gasteiger partial charge in [-0.3, -0.25) is 0 Å². The van der Waals surface area contributed by atoms with Crippen molar-refractivity contribution in [3.63, 3.8) is 0 Å². The maximum atomic E-state index is 4.01. The van der Waals surface area contributed by atoms with Gasteiger partial charge in [-0.2, -0.15) is 0 Å². The summed E-state index contributed by atoms with van der Waals surface area (Å²) in [5.74, 6) is 0. The molecule has 1 aromatic heterocycles. The van der Waals surface area contributed by atoms with E-state index in [1.165, 1.54) is 0 Å². The summed E-state index contributed by atoms with van der Waals surface area (Å²) in [6.07, 6.45) is 5.57. The van der Waals surface area contributed by atoms with Crippen molar-refractivity contribution in [3.05, 3.63) is 23.9 Å². The molecule has 9 heavy (non-hydrogen) atoms. The molecule has 0 saturated heterocycles. The number of thiazole rings is 1. The van der Waals surface area contributed by atoms with Crippen molar-refractivity contribution in [2.45, 2.75) is 6.92 Å². The number of anilines is 1. The molecule has 0 aliphatic heterocycles. The van der Waals surface area contributed by atoms with Gasteiger partial charge in [0.2, 0.25) is 0 Å². The minimum absolute atomic E-state index is 0.938. The lowest BCUT2D eigenvalue weighted by molar-refractivity contribution is 1.39. The molecule has 0 aliphatic carbocycles. The van der Waals surface area contributed by atoms with Crippen LogP contribution < -0.4 is 5.32 Å². The van der Waals surface area contributed by atoms with E-state index < -0.39 is 0 Å². The lowest BCUT2D eigenvalue weighted by Gasteiger charge is -1.88. The molecule has 1 aromatic rings. The molecule has 0 atom stereocenters. The fourth-order valence-corrected chi connectivity index (χ4v) is 0.958. The number of hydrogen-bond donors (Lipinski definition) is 1. The Morgan fingerprint density at radius 2 is 2.67 bits per heavy atom. The molecule has 48 valence electrons. The number of hydrogen-bond acceptors (Lipinski definition) is 3. The molecule has 0 saturated carbocycles. The van der Waals surface area contributed by atoms with Gasteiger partial charge in [-0.05, 0) is 13.1 Å². The number of aromatic nitrogens is 1. The first-order valence-corrected chi connectivity index (χ1v) is 3.58. The van der Waals surface area contributed by atoms with Crippen molar-refractivity contribution >= 4 is 16.5 Å². The van der Waals surface area contributed by atoms with Gasteiger partial charge in [0.25, 0.3) is 0 Å². The summed E-state index contributed by atoms with van der Waals surface area (Å²) in [5, 5.41) is 5.88. The first-order chi connectivity index (χ1) is 4.43. The highest BCUT2D eigenvalue weighted by atomic mass is 32.1. The normalized spacial score (nSPS) is 10.3. The highest BCUT2D eigenvalue weighted by Crippen LogP contribution is 2.09. The van der Waals surface area contributed by atoms with E-state index in [1.54, 1.807) is 17.5 Å². The van der Waals surface area contributed by atoms with Crippen molar-refractivity contribution < 1.29 is 0 Å². The molecule has 3 heteroatoms. The molecule has 0 radical (unpaired) electrons. The Kier molecular flexibility index (Phi) is 2.27. The van der Waals surface area contributed by atoms with E-state index in [1.807, 2.05) is 24.6 Å². The van der Waals surface area contributed by atoms with Crippen molar-refractivity contribution in [1.29, 1.82) is 0 Å². The summed E-state index contributed by atoms with van der Waals surface area (Å²) < 4.78 is 0. The third kappa shape index (κ3) is 1.85. The topological polar surface area (TPSA) is 24.9 Å². The van der Waals surface area contributed by atoms with E-state index in [2.05, 4.69) is 10.3 Å². The summed E-state index contributed by atoms with van der Waals surface area (Å²) in [6, 6.07) is 0. The Morgan fingerprint density at radius 1 is 1.78 bits per heavy atom. The molecular weight excluding hydrogens is 132 g/mol. The fraction of sp³-hybridized carbons (Fsp3) is 0.167. The van der Waals surface area contributed by atoms with Crippen LogP contribution in [0.1, 0.15) is 6.92 Å². The van der Waals surface area contributed by atoms with Gasteiger partial charge in [0.05, 0.1) is 0 Å². The van der Waals surface area contributed by atoms with E-state index in [0.29, 0.717) is 0 Å². The summed E-state index contributed by atoms with van der Waals surface area (Å²) in [6.45, 7) is 1.96. The van der Waals surface area contributed by atoms with Crippen LogP contribution in [-0.2, 0) is 0 Å². The summed E-state index contributed by atoms with van der Waals surface area (Å²) in [4.78, 5) is 4.01. The van der Waals surface area contributed by atoms with Crippen molar-refractivity contribution in [2.24, 2.45) is 0 Å². The SMILES string of the molecule is CC=CNc1nccs1. The fourth-order valence-electron chi connectivity index (χ4n) is 0.449. The predicted molar refractivity (Wildman–Crippen MR) is 40.6 cm³/mol. The molecular formula is C6H8N2S. The first kappa shape index (κ1) is 6.29. The van der Waals surface area contributed by atoms with Crippen molar-refractivity contribution in [1.82, 2.24) is 4.98 Å². The molecule has 0 fully saturated rings. The van der Waals surface area contributed by atoms with E-state index in [9.17, 15) is 0 Å². The van der Waals surface area contributed by atoms with Gasteiger partial charge in [-0.1, -0.05) is 6.08 Å². The second-order valence-electron chi connectivity index (χ2n) is 1.48. The van der Waals surface area contributed by atoms with Crippen LogP contribution in [0.4, 0.5) is 5.13 Å². The molecule has 2 nitrogen and oxygen atoms in total. The molecule has 1 rings (SSSR count). The van der Waals surface area contributed by atoms with Crippen molar-refractivity contribution in [3.8, 4) is 0 Å². The van der Waals surface area contributed by atoms with Crippen LogP contribution in [0, 0.1) is 0 Å². The average molecular weight is 140 g/mol. The van der Waals surface area contributed by atoms with Gasteiger partial charge < -0.3 is 5.32 Å². The molecule has 1 heterocycles. The molecule has 1 N–H and O–H groups in total. The Bertz CT molecular complexity index is 179.